The average molecular weight is 386 g/mol. The average Bonchev–Trinajstić information content (AvgIpc) is 3.34. The molecule has 0 saturated heterocycles. The van der Waals surface area contributed by atoms with Gasteiger partial charge in [0.2, 0.25) is 0 Å². The summed E-state index contributed by atoms with van der Waals surface area (Å²) < 4.78 is 7.27. The van der Waals surface area contributed by atoms with Crippen molar-refractivity contribution in [2.75, 3.05) is 7.11 Å². The largest absolute Gasteiger partial charge is 0.496 e. The number of rotatable bonds is 3. The van der Waals surface area contributed by atoms with Gasteiger partial charge in [-0.25, -0.2) is 4.98 Å². The zero-order valence-electron chi connectivity index (χ0n) is 15.4. The molecule has 5 rings (SSSR count). The number of ether oxygens (including phenoxy) is 1. The van der Waals surface area contributed by atoms with Crippen LogP contribution < -0.4 is 10.3 Å². The molecule has 0 bridgehead atoms. The first-order valence-corrected chi connectivity index (χ1v) is 10.1. The molecule has 3 heterocycles. The number of para-hydroxylation sites is 1. The molecule has 1 aliphatic rings. The third-order valence-corrected chi connectivity index (χ3v) is 6.01. The summed E-state index contributed by atoms with van der Waals surface area (Å²) in [6.07, 6.45) is 2.87. The van der Waals surface area contributed by atoms with Crippen LogP contribution in [-0.2, 0) is 6.54 Å². The molecule has 0 fully saturated rings. The van der Waals surface area contributed by atoms with Gasteiger partial charge in [0.05, 0.1) is 12.5 Å². The Kier molecular flexibility index (Phi) is 4.10. The number of methoxy groups -OCH3 is 1. The molecule has 4 aromatic rings. The van der Waals surface area contributed by atoms with Crippen LogP contribution in [0, 0.1) is 0 Å². The lowest BCUT2D eigenvalue weighted by Gasteiger charge is -2.06. The first-order valence-electron chi connectivity index (χ1n) is 9.17. The first-order chi connectivity index (χ1) is 13.8. The third-order valence-electron chi connectivity index (χ3n) is 5.14. The van der Waals surface area contributed by atoms with Gasteiger partial charge in [-0.1, -0.05) is 48.5 Å². The number of fused-ring (bicyclic) bond motifs is 2. The van der Waals surface area contributed by atoms with Gasteiger partial charge in [0, 0.05) is 23.1 Å². The van der Waals surface area contributed by atoms with E-state index >= 15 is 0 Å². The van der Waals surface area contributed by atoms with Crippen LogP contribution >= 0.6 is 11.3 Å². The molecule has 0 unspecified atom stereocenters. The molecule has 0 aliphatic carbocycles. The molecule has 2 aromatic carbocycles. The van der Waals surface area contributed by atoms with Crippen molar-refractivity contribution in [2.24, 2.45) is 0 Å². The van der Waals surface area contributed by atoms with E-state index in [1.165, 1.54) is 11.3 Å². The highest BCUT2D eigenvalue weighted by molar-refractivity contribution is 7.17. The molecule has 1 aliphatic heterocycles. The Hall–Kier alpha value is -3.18. The van der Waals surface area contributed by atoms with Crippen LogP contribution in [0.4, 0.5) is 0 Å². The van der Waals surface area contributed by atoms with Crippen molar-refractivity contribution in [1.29, 1.82) is 0 Å². The fourth-order valence-electron chi connectivity index (χ4n) is 3.76. The number of thiophene rings is 1. The van der Waals surface area contributed by atoms with Crippen LogP contribution in [0.2, 0.25) is 0 Å². The summed E-state index contributed by atoms with van der Waals surface area (Å²) in [5.74, 6) is 1.59. The van der Waals surface area contributed by atoms with Crippen molar-refractivity contribution in [3.05, 3.63) is 81.7 Å². The Bertz CT molecular complexity index is 1270. The van der Waals surface area contributed by atoms with Crippen LogP contribution in [0.15, 0.2) is 64.8 Å². The van der Waals surface area contributed by atoms with Crippen LogP contribution in [0.25, 0.3) is 33.0 Å². The van der Waals surface area contributed by atoms with E-state index in [4.69, 9.17) is 9.72 Å². The molecule has 5 heteroatoms. The SMILES string of the molecule is COc1ccccc1/C=C1\CCn2c1nc1scc(-c3ccccc3)c1c2=O. The predicted molar refractivity (Wildman–Crippen MR) is 115 cm³/mol. The smallest absolute Gasteiger partial charge is 0.263 e. The minimum Gasteiger partial charge on any atom is -0.496 e. The van der Waals surface area contributed by atoms with E-state index in [1.54, 1.807) is 7.11 Å². The minimum absolute atomic E-state index is 0.0449. The highest BCUT2D eigenvalue weighted by Crippen LogP contribution is 2.35. The Morgan fingerprint density at radius 1 is 1.11 bits per heavy atom. The van der Waals surface area contributed by atoms with E-state index in [0.29, 0.717) is 6.54 Å². The van der Waals surface area contributed by atoms with Crippen molar-refractivity contribution in [1.82, 2.24) is 9.55 Å². The first kappa shape index (κ1) is 17.0. The maximum Gasteiger partial charge on any atom is 0.263 e. The van der Waals surface area contributed by atoms with Gasteiger partial charge in [-0.3, -0.25) is 9.36 Å². The Labute approximate surface area is 166 Å². The number of aromatic nitrogens is 2. The molecule has 138 valence electrons. The van der Waals surface area contributed by atoms with Gasteiger partial charge in [-0.15, -0.1) is 11.3 Å². The molecular weight excluding hydrogens is 368 g/mol. The van der Waals surface area contributed by atoms with Crippen LogP contribution in [0.1, 0.15) is 17.8 Å². The van der Waals surface area contributed by atoms with Gasteiger partial charge in [-0.2, -0.15) is 0 Å². The topological polar surface area (TPSA) is 44.1 Å². The Morgan fingerprint density at radius 3 is 2.71 bits per heavy atom. The molecule has 0 N–H and O–H groups in total. The van der Waals surface area contributed by atoms with E-state index in [0.717, 1.165) is 50.5 Å². The molecule has 28 heavy (non-hydrogen) atoms. The normalized spacial score (nSPS) is 14.5. The predicted octanol–water partition coefficient (Wildman–Crippen LogP) is 5.08. The molecule has 0 saturated carbocycles. The number of allylic oxidation sites excluding steroid dienone is 1. The summed E-state index contributed by atoms with van der Waals surface area (Å²) in [5, 5.41) is 2.76. The maximum atomic E-state index is 13.3. The van der Waals surface area contributed by atoms with E-state index in [2.05, 4.69) is 6.08 Å². The molecule has 2 aromatic heterocycles. The highest BCUT2D eigenvalue weighted by Gasteiger charge is 2.23. The van der Waals surface area contributed by atoms with Crippen LogP contribution in [0.5, 0.6) is 5.75 Å². The van der Waals surface area contributed by atoms with Crippen molar-refractivity contribution < 1.29 is 4.74 Å². The second kappa shape index (κ2) is 6.77. The second-order valence-electron chi connectivity index (χ2n) is 6.75. The fraction of sp³-hybridized carbons (Fsp3) is 0.130. The molecule has 4 nitrogen and oxygen atoms in total. The van der Waals surface area contributed by atoms with Gasteiger partial charge < -0.3 is 4.74 Å². The fourth-order valence-corrected chi connectivity index (χ4v) is 4.70. The highest BCUT2D eigenvalue weighted by atomic mass is 32.1. The van der Waals surface area contributed by atoms with Gasteiger partial charge in [0.1, 0.15) is 16.4 Å². The van der Waals surface area contributed by atoms with E-state index in [1.807, 2.05) is 64.5 Å². The number of benzene rings is 2. The second-order valence-corrected chi connectivity index (χ2v) is 7.61. The maximum absolute atomic E-state index is 13.3. The molecule has 0 atom stereocenters. The summed E-state index contributed by atoms with van der Waals surface area (Å²) in [7, 11) is 1.67. The summed E-state index contributed by atoms with van der Waals surface area (Å²) >= 11 is 1.53. The van der Waals surface area contributed by atoms with Crippen LogP contribution in [0.3, 0.4) is 0 Å². The number of hydrogen-bond donors (Lipinski definition) is 0. The molecule has 0 spiro atoms. The standard InChI is InChI=1S/C23H18N2O2S/c1-27-19-10-6-5-9-16(19)13-17-11-12-25-21(17)24-22-20(23(25)26)18(14-28-22)15-7-3-2-4-8-15/h2-10,13-14H,11-12H2,1H3/b17-13+. The van der Waals surface area contributed by atoms with Crippen molar-refractivity contribution in [3.8, 4) is 16.9 Å². The summed E-state index contributed by atoms with van der Waals surface area (Å²) in [6, 6.07) is 17.9. The lowest BCUT2D eigenvalue weighted by Crippen LogP contribution is -2.20. The lowest BCUT2D eigenvalue weighted by atomic mass is 10.1. The lowest BCUT2D eigenvalue weighted by molar-refractivity contribution is 0.414. The van der Waals surface area contributed by atoms with E-state index in [-0.39, 0.29) is 5.56 Å². The zero-order chi connectivity index (χ0) is 19.1. The zero-order valence-corrected chi connectivity index (χ0v) is 16.2. The van der Waals surface area contributed by atoms with E-state index < -0.39 is 0 Å². The molecule has 0 amide bonds. The molecule has 0 radical (unpaired) electrons. The Morgan fingerprint density at radius 2 is 1.89 bits per heavy atom. The molecular formula is C23H18N2O2S. The summed E-state index contributed by atoms with van der Waals surface area (Å²) in [5.41, 5.74) is 4.13. The summed E-state index contributed by atoms with van der Waals surface area (Å²) in [4.78, 5) is 18.9. The number of hydrogen-bond acceptors (Lipinski definition) is 4. The summed E-state index contributed by atoms with van der Waals surface area (Å²) in [6.45, 7) is 0.655. The quantitative estimate of drug-likeness (QED) is 0.493. The van der Waals surface area contributed by atoms with Crippen molar-refractivity contribution in [3.63, 3.8) is 0 Å². The Balaban J connectivity index is 1.67. The van der Waals surface area contributed by atoms with Crippen LogP contribution in [-0.4, -0.2) is 16.7 Å². The van der Waals surface area contributed by atoms with Gasteiger partial charge in [0.15, 0.2) is 0 Å². The van der Waals surface area contributed by atoms with Gasteiger partial charge in [-0.05, 0) is 29.7 Å². The van der Waals surface area contributed by atoms with Crippen molar-refractivity contribution in [2.45, 2.75) is 13.0 Å². The van der Waals surface area contributed by atoms with E-state index in [9.17, 15) is 4.79 Å². The monoisotopic (exact) mass is 386 g/mol. The third kappa shape index (κ3) is 2.67. The van der Waals surface area contributed by atoms with Gasteiger partial charge in [0.25, 0.3) is 5.56 Å². The minimum atomic E-state index is 0.0449. The van der Waals surface area contributed by atoms with Crippen molar-refractivity contribution >= 4 is 33.2 Å². The van der Waals surface area contributed by atoms with Gasteiger partial charge >= 0.3 is 0 Å². The number of nitrogens with zero attached hydrogens (tertiary/aromatic N) is 2.